The van der Waals surface area contributed by atoms with Gasteiger partial charge in [-0.2, -0.15) is 0 Å². The standard InChI is InChI=1S/C10H9Cl2NO3/c11-2-1-10(14)13-7-4-9-8(3-6(7)12)15-5-16-9/h3-4H,1-2,5H2,(H,13,14). The SMILES string of the molecule is O=C(CCCl)Nc1cc2c(cc1Cl)OCO2. The summed E-state index contributed by atoms with van der Waals surface area (Å²) in [7, 11) is 0. The summed E-state index contributed by atoms with van der Waals surface area (Å²) in [6.45, 7) is 0.171. The van der Waals surface area contributed by atoms with Gasteiger partial charge in [0.05, 0.1) is 10.7 Å². The largest absolute Gasteiger partial charge is 0.454 e. The summed E-state index contributed by atoms with van der Waals surface area (Å²) in [5.41, 5.74) is 0.501. The molecule has 0 aliphatic carbocycles. The van der Waals surface area contributed by atoms with Crippen molar-refractivity contribution in [1.82, 2.24) is 0 Å². The zero-order valence-electron chi connectivity index (χ0n) is 8.26. The van der Waals surface area contributed by atoms with Gasteiger partial charge in [-0.15, -0.1) is 11.6 Å². The second-order valence-electron chi connectivity index (χ2n) is 3.17. The summed E-state index contributed by atoms with van der Waals surface area (Å²) >= 11 is 11.4. The number of alkyl halides is 1. The van der Waals surface area contributed by atoms with Gasteiger partial charge in [0.25, 0.3) is 0 Å². The Bertz CT molecular complexity index is 423. The van der Waals surface area contributed by atoms with Crippen LogP contribution in [0, 0.1) is 0 Å². The lowest BCUT2D eigenvalue weighted by atomic mass is 10.2. The van der Waals surface area contributed by atoms with Crippen LogP contribution in [0.2, 0.25) is 5.02 Å². The average molecular weight is 262 g/mol. The second-order valence-corrected chi connectivity index (χ2v) is 3.96. The molecule has 1 aliphatic heterocycles. The Kier molecular flexibility index (Phi) is 3.41. The first-order valence-electron chi connectivity index (χ1n) is 4.65. The average Bonchev–Trinajstić information content (AvgIpc) is 2.65. The van der Waals surface area contributed by atoms with E-state index in [2.05, 4.69) is 5.32 Å². The minimum absolute atomic E-state index is 0.171. The maximum Gasteiger partial charge on any atom is 0.231 e. The van der Waals surface area contributed by atoms with Crippen molar-refractivity contribution in [2.24, 2.45) is 0 Å². The van der Waals surface area contributed by atoms with Crippen LogP contribution >= 0.6 is 23.2 Å². The fraction of sp³-hybridized carbons (Fsp3) is 0.300. The highest BCUT2D eigenvalue weighted by Gasteiger charge is 2.17. The van der Waals surface area contributed by atoms with Crippen LogP contribution in [-0.4, -0.2) is 18.6 Å². The summed E-state index contributed by atoms with van der Waals surface area (Å²) in [5, 5.41) is 3.06. The number of anilines is 1. The van der Waals surface area contributed by atoms with Crippen molar-refractivity contribution in [2.75, 3.05) is 18.0 Å². The summed E-state index contributed by atoms with van der Waals surface area (Å²) < 4.78 is 10.3. The van der Waals surface area contributed by atoms with E-state index >= 15 is 0 Å². The molecule has 4 nitrogen and oxygen atoms in total. The lowest BCUT2D eigenvalue weighted by Gasteiger charge is -2.07. The quantitative estimate of drug-likeness (QED) is 0.852. The number of rotatable bonds is 3. The van der Waals surface area contributed by atoms with E-state index in [0.29, 0.717) is 22.2 Å². The maximum atomic E-state index is 11.3. The van der Waals surface area contributed by atoms with Crippen LogP contribution in [0.5, 0.6) is 11.5 Å². The van der Waals surface area contributed by atoms with Gasteiger partial charge in [0.2, 0.25) is 12.7 Å². The van der Waals surface area contributed by atoms with Crippen LogP contribution in [0.15, 0.2) is 12.1 Å². The first-order valence-corrected chi connectivity index (χ1v) is 5.57. The van der Waals surface area contributed by atoms with Crippen LogP contribution in [0.3, 0.4) is 0 Å². The highest BCUT2D eigenvalue weighted by atomic mass is 35.5. The number of nitrogens with one attached hydrogen (secondary N) is 1. The maximum absolute atomic E-state index is 11.3. The molecule has 16 heavy (non-hydrogen) atoms. The Morgan fingerprint density at radius 1 is 1.38 bits per heavy atom. The van der Waals surface area contributed by atoms with Crippen LogP contribution in [0.4, 0.5) is 5.69 Å². The molecule has 0 spiro atoms. The van der Waals surface area contributed by atoms with Gasteiger partial charge in [0.1, 0.15) is 0 Å². The smallest absolute Gasteiger partial charge is 0.231 e. The molecule has 0 bridgehead atoms. The second kappa shape index (κ2) is 4.80. The molecule has 1 aromatic rings. The summed E-state index contributed by atoms with van der Waals surface area (Å²) in [6, 6.07) is 3.25. The van der Waals surface area contributed by atoms with Crippen molar-refractivity contribution >= 4 is 34.8 Å². The van der Waals surface area contributed by atoms with Crippen molar-refractivity contribution in [3.63, 3.8) is 0 Å². The number of amides is 1. The highest BCUT2D eigenvalue weighted by Crippen LogP contribution is 2.39. The molecule has 1 aliphatic rings. The van der Waals surface area contributed by atoms with E-state index in [-0.39, 0.29) is 25.0 Å². The highest BCUT2D eigenvalue weighted by molar-refractivity contribution is 6.34. The summed E-state index contributed by atoms with van der Waals surface area (Å²) in [4.78, 5) is 11.3. The van der Waals surface area contributed by atoms with E-state index in [1.165, 1.54) is 0 Å². The molecule has 0 saturated carbocycles. The monoisotopic (exact) mass is 261 g/mol. The van der Waals surface area contributed by atoms with Gasteiger partial charge in [-0.1, -0.05) is 11.6 Å². The number of carbonyl (C=O) groups excluding carboxylic acids is 1. The van der Waals surface area contributed by atoms with E-state index in [4.69, 9.17) is 32.7 Å². The summed E-state index contributed by atoms with van der Waals surface area (Å²) in [6.07, 6.45) is 0.242. The number of hydrogen-bond acceptors (Lipinski definition) is 3. The van der Waals surface area contributed by atoms with Crippen LogP contribution in [-0.2, 0) is 4.79 Å². The van der Waals surface area contributed by atoms with Crippen LogP contribution in [0.1, 0.15) is 6.42 Å². The van der Waals surface area contributed by atoms with Gasteiger partial charge >= 0.3 is 0 Å². The van der Waals surface area contributed by atoms with E-state index in [1.54, 1.807) is 12.1 Å². The molecule has 0 saturated heterocycles. The van der Waals surface area contributed by atoms with Crippen molar-refractivity contribution in [1.29, 1.82) is 0 Å². The Hall–Kier alpha value is -1.13. The molecule has 1 heterocycles. The van der Waals surface area contributed by atoms with E-state index in [1.807, 2.05) is 0 Å². The van der Waals surface area contributed by atoms with Crippen LogP contribution < -0.4 is 14.8 Å². The molecule has 1 amide bonds. The van der Waals surface area contributed by atoms with E-state index < -0.39 is 0 Å². The molecule has 0 radical (unpaired) electrons. The van der Waals surface area contributed by atoms with E-state index in [9.17, 15) is 4.79 Å². The minimum atomic E-state index is -0.184. The first kappa shape index (κ1) is 11.4. The fourth-order valence-electron chi connectivity index (χ4n) is 1.31. The van der Waals surface area contributed by atoms with Crippen LogP contribution in [0.25, 0.3) is 0 Å². The molecule has 6 heteroatoms. The van der Waals surface area contributed by atoms with Crippen molar-refractivity contribution < 1.29 is 14.3 Å². The molecule has 1 N–H and O–H groups in total. The molecule has 0 aromatic heterocycles. The number of hydrogen-bond donors (Lipinski definition) is 1. The number of fused-ring (bicyclic) bond motifs is 1. The lowest BCUT2D eigenvalue weighted by molar-refractivity contribution is -0.115. The number of ether oxygens (including phenoxy) is 2. The molecular weight excluding hydrogens is 253 g/mol. The zero-order chi connectivity index (χ0) is 11.5. The minimum Gasteiger partial charge on any atom is -0.454 e. The van der Waals surface area contributed by atoms with Crippen molar-refractivity contribution in [3.05, 3.63) is 17.2 Å². The van der Waals surface area contributed by atoms with Crippen molar-refractivity contribution in [2.45, 2.75) is 6.42 Å². The number of halogens is 2. The fourth-order valence-corrected chi connectivity index (χ4v) is 1.68. The van der Waals surface area contributed by atoms with Gasteiger partial charge in [0, 0.05) is 24.4 Å². The number of benzene rings is 1. The summed E-state index contributed by atoms with van der Waals surface area (Å²) in [5.74, 6) is 1.25. The third kappa shape index (κ3) is 2.33. The normalized spacial score (nSPS) is 12.6. The predicted octanol–water partition coefficient (Wildman–Crippen LogP) is 2.64. The van der Waals surface area contributed by atoms with Gasteiger partial charge in [-0.05, 0) is 0 Å². The molecule has 0 atom stereocenters. The molecule has 1 aromatic carbocycles. The molecule has 86 valence electrons. The Morgan fingerprint density at radius 2 is 2.06 bits per heavy atom. The first-order chi connectivity index (χ1) is 7.70. The third-order valence-corrected chi connectivity index (χ3v) is 2.56. The topological polar surface area (TPSA) is 47.6 Å². The Morgan fingerprint density at radius 3 is 2.75 bits per heavy atom. The van der Waals surface area contributed by atoms with Gasteiger partial charge in [-0.25, -0.2) is 0 Å². The number of carbonyl (C=O) groups is 1. The van der Waals surface area contributed by atoms with Gasteiger partial charge < -0.3 is 14.8 Å². The predicted molar refractivity (Wildman–Crippen MR) is 61.5 cm³/mol. The molecular formula is C10H9Cl2NO3. The van der Waals surface area contributed by atoms with Crippen molar-refractivity contribution in [3.8, 4) is 11.5 Å². The zero-order valence-corrected chi connectivity index (χ0v) is 9.77. The Labute approximate surface area is 102 Å². The molecule has 2 rings (SSSR count). The molecule has 0 unspecified atom stereocenters. The molecule has 0 fully saturated rings. The Balaban J connectivity index is 2.18. The lowest BCUT2D eigenvalue weighted by Crippen LogP contribution is -2.11. The van der Waals surface area contributed by atoms with Gasteiger partial charge in [0.15, 0.2) is 11.5 Å². The van der Waals surface area contributed by atoms with Gasteiger partial charge in [-0.3, -0.25) is 4.79 Å². The third-order valence-electron chi connectivity index (χ3n) is 2.06. The van der Waals surface area contributed by atoms with E-state index in [0.717, 1.165) is 0 Å².